The normalized spacial score (nSPS) is 10.9. The van der Waals surface area contributed by atoms with E-state index < -0.39 is 24.2 Å². The summed E-state index contributed by atoms with van der Waals surface area (Å²) < 4.78 is 19.6. The first kappa shape index (κ1) is 18.2. The number of ketones is 1. The van der Waals surface area contributed by atoms with E-state index in [4.69, 9.17) is 4.74 Å². The molecule has 0 N–H and O–H groups in total. The number of hydrogen-bond donors (Lipinski definition) is 0. The van der Waals surface area contributed by atoms with Crippen LogP contribution in [0.4, 0.5) is 4.39 Å². The summed E-state index contributed by atoms with van der Waals surface area (Å²) in [5, 5.41) is 7.93. The van der Waals surface area contributed by atoms with Crippen LogP contribution < -0.4 is 0 Å². The van der Waals surface area contributed by atoms with Crippen LogP contribution in [-0.4, -0.2) is 33.4 Å². The van der Waals surface area contributed by atoms with Gasteiger partial charge in [0.15, 0.2) is 12.4 Å². The molecule has 6 nitrogen and oxygen atoms in total. The number of nitrogens with zero attached hydrogens (tertiary/aromatic N) is 3. The summed E-state index contributed by atoms with van der Waals surface area (Å²) >= 11 is 0. The highest BCUT2D eigenvalue weighted by Crippen LogP contribution is 2.06. The Labute approximate surface area is 154 Å². The summed E-state index contributed by atoms with van der Waals surface area (Å²) in [6.45, 7) is 0.0988. The van der Waals surface area contributed by atoms with Crippen LogP contribution in [0.2, 0.25) is 0 Å². The maximum atomic E-state index is 13.1. The molecule has 0 fully saturated rings. The molecule has 0 aliphatic rings. The Bertz CT molecular complexity index is 967. The molecule has 0 aliphatic carbocycles. The van der Waals surface area contributed by atoms with E-state index >= 15 is 0 Å². The zero-order valence-electron chi connectivity index (χ0n) is 14.3. The predicted octanol–water partition coefficient (Wildman–Crippen LogP) is 2.90. The molecule has 3 rings (SSSR count). The van der Waals surface area contributed by atoms with Crippen LogP contribution in [0, 0.1) is 5.82 Å². The molecule has 0 aliphatic heterocycles. The van der Waals surface area contributed by atoms with Crippen LogP contribution in [-0.2, 0) is 16.1 Å². The first-order valence-electron chi connectivity index (χ1n) is 8.18. The maximum Gasteiger partial charge on any atom is 0.331 e. The predicted molar refractivity (Wildman–Crippen MR) is 96.3 cm³/mol. The zero-order chi connectivity index (χ0) is 19.1. The summed E-state index contributed by atoms with van der Waals surface area (Å²) in [6, 6.07) is 15.0. The highest BCUT2D eigenvalue weighted by atomic mass is 19.1. The molecule has 0 saturated carbocycles. The van der Waals surface area contributed by atoms with E-state index in [-0.39, 0.29) is 5.56 Å². The number of aromatic nitrogens is 3. The summed E-state index contributed by atoms with van der Waals surface area (Å²) in [5.74, 6) is -1.70. The molecule has 0 bridgehead atoms. The van der Waals surface area contributed by atoms with Gasteiger partial charge in [-0.25, -0.2) is 13.9 Å². The van der Waals surface area contributed by atoms with Gasteiger partial charge in [0.2, 0.25) is 0 Å². The SMILES string of the molecule is O=C(/C=C/c1cn(Cc2ccccc2)nn1)OCC(=O)c1cccc(F)c1. The molecule has 1 heterocycles. The minimum absolute atomic E-state index is 0.149. The Kier molecular flexibility index (Phi) is 5.84. The van der Waals surface area contributed by atoms with E-state index in [1.165, 1.54) is 24.3 Å². The Balaban J connectivity index is 1.50. The Hall–Kier alpha value is -3.61. The van der Waals surface area contributed by atoms with Crippen LogP contribution in [0.3, 0.4) is 0 Å². The van der Waals surface area contributed by atoms with Gasteiger partial charge >= 0.3 is 5.97 Å². The third-order valence-electron chi connectivity index (χ3n) is 3.63. The van der Waals surface area contributed by atoms with Crippen molar-refractivity contribution in [3.05, 3.63) is 89.5 Å². The van der Waals surface area contributed by atoms with Crippen molar-refractivity contribution in [3.8, 4) is 0 Å². The van der Waals surface area contributed by atoms with Gasteiger partial charge in [0.05, 0.1) is 12.7 Å². The molecular formula is C20H16FN3O3. The van der Waals surface area contributed by atoms with Gasteiger partial charge in [-0.3, -0.25) is 4.79 Å². The largest absolute Gasteiger partial charge is 0.454 e. The highest BCUT2D eigenvalue weighted by Gasteiger charge is 2.09. The zero-order valence-corrected chi connectivity index (χ0v) is 14.3. The number of hydrogen-bond acceptors (Lipinski definition) is 5. The van der Waals surface area contributed by atoms with Crippen molar-refractivity contribution < 1.29 is 18.7 Å². The molecule has 0 saturated heterocycles. The topological polar surface area (TPSA) is 74.1 Å². The number of benzene rings is 2. The molecule has 0 spiro atoms. The Morgan fingerprint density at radius 3 is 2.70 bits per heavy atom. The van der Waals surface area contributed by atoms with Crippen molar-refractivity contribution in [2.24, 2.45) is 0 Å². The van der Waals surface area contributed by atoms with Crippen LogP contribution in [0.1, 0.15) is 21.6 Å². The number of ether oxygens (including phenoxy) is 1. The fourth-order valence-electron chi connectivity index (χ4n) is 2.32. The van der Waals surface area contributed by atoms with Gasteiger partial charge in [0, 0.05) is 11.6 Å². The van der Waals surface area contributed by atoms with E-state index in [9.17, 15) is 14.0 Å². The quantitative estimate of drug-likeness (QED) is 0.366. The van der Waals surface area contributed by atoms with Gasteiger partial charge in [0.1, 0.15) is 11.5 Å². The molecule has 7 heteroatoms. The van der Waals surface area contributed by atoms with E-state index in [1.54, 1.807) is 10.9 Å². The molecule has 3 aromatic rings. The molecule has 0 radical (unpaired) electrons. The average Bonchev–Trinajstić information content (AvgIpc) is 3.12. The third-order valence-corrected chi connectivity index (χ3v) is 3.63. The van der Waals surface area contributed by atoms with Crippen molar-refractivity contribution in [1.82, 2.24) is 15.0 Å². The van der Waals surface area contributed by atoms with Crippen LogP contribution in [0.5, 0.6) is 0 Å². The minimum atomic E-state index is -0.697. The molecule has 0 atom stereocenters. The second-order valence-corrected chi connectivity index (χ2v) is 5.70. The fraction of sp³-hybridized carbons (Fsp3) is 0.100. The number of rotatable bonds is 7. The Morgan fingerprint density at radius 2 is 1.93 bits per heavy atom. The molecule has 1 aromatic heterocycles. The van der Waals surface area contributed by atoms with Gasteiger partial charge in [-0.15, -0.1) is 5.10 Å². The number of halogens is 1. The lowest BCUT2D eigenvalue weighted by atomic mass is 10.1. The van der Waals surface area contributed by atoms with E-state index in [0.717, 1.165) is 17.7 Å². The van der Waals surface area contributed by atoms with Crippen molar-refractivity contribution in [2.75, 3.05) is 6.61 Å². The summed E-state index contributed by atoms with van der Waals surface area (Å²) in [4.78, 5) is 23.6. The molecule has 2 aromatic carbocycles. The van der Waals surface area contributed by atoms with Gasteiger partial charge in [-0.2, -0.15) is 0 Å². The standard InChI is InChI=1S/C20H16FN3O3/c21-17-8-4-7-16(11-17)19(25)14-27-20(26)10-9-18-13-24(23-22-18)12-15-5-2-1-3-6-15/h1-11,13H,12,14H2/b10-9+. The van der Waals surface area contributed by atoms with Gasteiger partial charge in [-0.05, 0) is 23.8 Å². The molecule has 27 heavy (non-hydrogen) atoms. The summed E-state index contributed by atoms with van der Waals surface area (Å²) in [6.07, 6.45) is 4.30. The average molecular weight is 365 g/mol. The lowest BCUT2D eigenvalue weighted by Crippen LogP contribution is -2.12. The second-order valence-electron chi connectivity index (χ2n) is 5.70. The van der Waals surface area contributed by atoms with Crippen LogP contribution >= 0.6 is 0 Å². The van der Waals surface area contributed by atoms with Crippen molar-refractivity contribution >= 4 is 17.8 Å². The third kappa shape index (κ3) is 5.43. The molecule has 136 valence electrons. The maximum absolute atomic E-state index is 13.1. The van der Waals surface area contributed by atoms with Crippen molar-refractivity contribution in [2.45, 2.75) is 6.54 Å². The lowest BCUT2D eigenvalue weighted by Gasteiger charge is -2.01. The number of carbonyl (C=O) groups excluding carboxylic acids is 2. The van der Waals surface area contributed by atoms with E-state index in [1.807, 2.05) is 30.3 Å². The smallest absolute Gasteiger partial charge is 0.331 e. The highest BCUT2D eigenvalue weighted by molar-refractivity contribution is 5.98. The van der Waals surface area contributed by atoms with Gasteiger partial charge in [0.25, 0.3) is 0 Å². The molecule has 0 unspecified atom stereocenters. The van der Waals surface area contributed by atoms with Crippen molar-refractivity contribution in [3.63, 3.8) is 0 Å². The summed E-state index contributed by atoms with van der Waals surface area (Å²) in [7, 11) is 0. The van der Waals surface area contributed by atoms with E-state index in [0.29, 0.717) is 12.2 Å². The first-order valence-corrected chi connectivity index (χ1v) is 8.18. The second kappa shape index (κ2) is 8.66. The number of esters is 1. The summed E-state index contributed by atoms with van der Waals surface area (Å²) in [5.41, 5.74) is 1.71. The fourth-order valence-corrected chi connectivity index (χ4v) is 2.32. The van der Waals surface area contributed by atoms with Crippen molar-refractivity contribution in [1.29, 1.82) is 0 Å². The molecular weight excluding hydrogens is 349 g/mol. The lowest BCUT2D eigenvalue weighted by molar-refractivity contribution is -0.136. The molecule has 0 amide bonds. The Morgan fingerprint density at radius 1 is 1.11 bits per heavy atom. The van der Waals surface area contributed by atoms with Gasteiger partial charge in [-0.1, -0.05) is 47.7 Å². The monoisotopic (exact) mass is 365 g/mol. The van der Waals surface area contributed by atoms with Crippen LogP contribution in [0.25, 0.3) is 6.08 Å². The number of Topliss-reactive ketones (excluding diaryl/α,β-unsaturated/α-hetero) is 1. The van der Waals surface area contributed by atoms with Gasteiger partial charge < -0.3 is 4.74 Å². The van der Waals surface area contributed by atoms with E-state index in [2.05, 4.69) is 10.3 Å². The first-order chi connectivity index (χ1) is 13.1. The number of carbonyl (C=O) groups is 2. The van der Waals surface area contributed by atoms with Crippen LogP contribution in [0.15, 0.2) is 66.9 Å². The minimum Gasteiger partial charge on any atom is -0.454 e.